The van der Waals surface area contributed by atoms with E-state index in [2.05, 4.69) is 18.8 Å². The monoisotopic (exact) mass is 426 g/mol. The van der Waals surface area contributed by atoms with Gasteiger partial charge in [-0.1, -0.05) is 49.1 Å². The van der Waals surface area contributed by atoms with E-state index < -0.39 is 0 Å². The lowest BCUT2D eigenvalue weighted by molar-refractivity contribution is -0.154. The number of hydrogen-bond donors (Lipinski definition) is 0. The molecule has 2 aliphatic heterocycles. The van der Waals surface area contributed by atoms with Gasteiger partial charge in [0.05, 0.1) is 12.2 Å². The Morgan fingerprint density at radius 3 is 2.28 bits per heavy atom. The summed E-state index contributed by atoms with van der Waals surface area (Å²) in [6.45, 7) is 4.70. The van der Waals surface area contributed by atoms with Crippen molar-refractivity contribution >= 4 is 17.5 Å². The first kappa shape index (κ1) is 20.8. The van der Waals surface area contributed by atoms with Gasteiger partial charge in [-0.2, -0.15) is 0 Å². The van der Waals surface area contributed by atoms with Gasteiger partial charge >= 0.3 is 0 Å². The number of nitrogens with zero attached hydrogens (tertiary/aromatic N) is 2. The predicted octanol–water partition coefficient (Wildman–Crippen LogP) is 4.75. The highest BCUT2D eigenvalue weighted by Crippen LogP contribution is 2.51. The lowest BCUT2D eigenvalue weighted by Gasteiger charge is -2.58. The summed E-state index contributed by atoms with van der Waals surface area (Å²) in [7, 11) is 0. The zero-order valence-electron chi connectivity index (χ0n) is 18.8. The lowest BCUT2D eigenvalue weighted by atomic mass is 9.58. The van der Waals surface area contributed by atoms with E-state index in [4.69, 9.17) is 0 Å². The zero-order chi connectivity index (χ0) is 22.1. The Hall–Kier alpha value is -3.06. The molecule has 3 aliphatic rings. The molecule has 1 saturated heterocycles. The number of anilines is 1. The summed E-state index contributed by atoms with van der Waals surface area (Å²) in [5.74, 6) is 7.66. The van der Waals surface area contributed by atoms with Crippen LogP contribution in [-0.2, 0) is 16.1 Å². The molecule has 2 aromatic rings. The Labute approximate surface area is 190 Å². The first-order valence-electron chi connectivity index (χ1n) is 11.8. The number of fused-ring (bicyclic) bond motifs is 2. The summed E-state index contributed by atoms with van der Waals surface area (Å²) < 4.78 is 0. The lowest BCUT2D eigenvalue weighted by Crippen LogP contribution is -2.63. The Balaban J connectivity index is 1.17. The van der Waals surface area contributed by atoms with Crippen LogP contribution in [0.1, 0.15) is 62.1 Å². The molecular weight excluding hydrogens is 396 g/mol. The number of para-hydroxylation sites is 1. The molecular formula is C28H30N2O2. The molecule has 4 nitrogen and oxygen atoms in total. The van der Waals surface area contributed by atoms with Crippen LogP contribution in [-0.4, -0.2) is 29.8 Å². The average molecular weight is 427 g/mol. The van der Waals surface area contributed by atoms with E-state index in [0.717, 1.165) is 54.2 Å². The van der Waals surface area contributed by atoms with Crippen LogP contribution in [0, 0.1) is 23.2 Å². The van der Waals surface area contributed by atoms with Crippen molar-refractivity contribution in [1.82, 2.24) is 4.90 Å². The van der Waals surface area contributed by atoms with Crippen molar-refractivity contribution in [1.29, 1.82) is 0 Å². The summed E-state index contributed by atoms with van der Waals surface area (Å²) in [6, 6.07) is 15.9. The van der Waals surface area contributed by atoms with E-state index in [-0.39, 0.29) is 11.8 Å². The summed E-state index contributed by atoms with van der Waals surface area (Å²) in [6.07, 6.45) is 5.03. The van der Waals surface area contributed by atoms with Gasteiger partial charge in [0, 0.05) is 42.5 Å². The topological polar surface area (TPSA) is 40.6 Å². The van der Waals surface area contributed by atoms with Gasteiger partial charge in [0.15, 0.2) is 0 Å². The maximum absolute atomic E-state index is 13.2. The molecule has 2 aromatic carbocycles. The number of likely N-dealkylation sites (tertiary alicyclic amines) is 1. The van der Waals surface area contributed by atoms with Crippen LogP contribution in [0.4, 0.5) is 5.69 Å². The van der Waals surface area contributed by atoms with Gasteiger partial charge in [-0.25, -0.2) is 0 Å². The highest BCUT2D eigenvalue weighted by atomic mass is 16.2. The number of hydrogen-bond acceptors (Lipinski definition) is 2. The Kier molecular flexibility index (Phi) is 5.51. The van der Waals surface area contributed by atoms with Gasteiger partial charge in [-0.05, 0) is 55.4 Å². The molecule has 2 amide bonds. The summed E-state index contributed by atoms with van der Waals surface area (Å²) in [5, 5.41) is 0. The first-order valence-corrected chi connectivity index (χ1v) is 11.8. The summed E-state index contributed by atoms with van der Waals surface area (Å²) >= 11 is 0. The van der Waals surface area contributed by atoms with Crippen LogP contribution < -0.4 is 4.90 Å². The molecule has 0 aromatic heterocycles. The number of carbonyl (C=O) groups excluding carboxylic acids is 2. The molecule has 1 saturated carbocycles. The van der Waals surface area contributed by atoms with Gasteiger partial charge in [0.25, 0.3) is 0 Å². The Morgan fingerprint density at radius 2 is 1.53 bits per heavy atom. The molecule has 5 rings (SSSR count). The third kappa shape index (κ3) is 4.05. The minimum atomic E-state index is 0.0924. The number of amides is 2. The van der Waals surface area contributed by atoms with Crippen LogP contribution in [0.15, 0.2) is 48.5 Å². The molecule has 32 heavy (non-hydrogen) atoms. The quantitative estimate of drug-likeness (QED) is 0.511. The van der Waals surface area contributed by atoms with Crippen molar-refractivity contribution in [3.05, 3.63) is 65.2 Å². The van der Waals surface area contributed by atoms with Crippen LogP contribution in [0.2, 0.25) is 0 Å². The Morgan fingerprint density at radius 1 is 0.906 bits per heavy atom. The number of carbonyl (C=O) groups is 2. The smallest absolute Gasteiger partial charge is 0.227 e. The third-order valence-electron chi connectivity index (χ3n) is 7.17. The largest absolute Gasteiger partial charge is 0.341 e. The van der Waals surface area contributed by atoms with Crippen LogP contribution in [0.5, 0.6) is 0 Å². The Bertz CT molecular complexity index is 1100. The SMILES string of the molecule is CC1CC2(C1)CN(C(=O)CCCCC(=O)N1Cc3ccccc3C#Cc3ccccc31)C2. The standard InChI is InChI=1S/C28H30N2O2/c1-21-16-28(17-21)19-29(20-28)26(31)12-6-7-13-27(32)30-18-24-10-3-2-8-22(24)14-15-23-9-4-5-11-25(23)30/h2-5,8-11,21H,6-7,12-13,16-20H2,1H3. The van der Waals surface area contributed by atoms with E-state index in [1.165, 1.54) is 12.8 Å². The minimum Gasteiger partial charge on any atom is -0.341 e. The van der Waals surface area contributed by atoms with E-state index in [9.17, 15) is 9.59 Å². The van der Waals surface area contributed by atoms with Crippen molar-refractivity contribution in [2.24, 2.45) is 11.3 Å². The van der Waals surface area contributed by atoms with Crippen LogP contribution in [0.25, 0.3) is 0 Å². The van der Waals surface area contributed by atoms with Crippen molar-refractivity contribution in [2.45, 2.75) is 52.0 Å². The highest BCUT2D eigenvalue weighted by Gasteiger charge is 2.51. The zero-order valence-corrected chi connectivity index (χ0v) is 18.8. The molecule has 2 heterocycles. The second kappa shape index (κ2) is 8.47. The van der Waals surface area contributed by atoms with Gasteiger partial charge in [0.1, 0.15) is 0 Å². The molecule has 0 unspecified atom stereocenters. The predicted molar refractivity (Wildman–Crippen MR) is 126 cm³/mol. The second-order valence-electron chi connectivity index (χ2n) is 9.87. The van der Waals surface area contributed by atoms with Crippen LogP contribution >= 0.6 is 0 Å². The van der Waals surface area contributed by atoms with E-state index >= 15 is 0 Å². The number of unbranched alkanes of at least 4 members (excludes halogenated alkanes) is 1. The van der Waals surface area contributed by atoms with Gasteiger partial charge < -0.3 is 9.80 Å². The van der Waals surface area contributed by atoms with Crippen molar-refractivity contribution in [2.75, 3.05) is 18.0 Å². The molecule has 0 N–H and O–H groups in total. The van der Waals surface area contributed by atoms with Gasteiger partial charge in [-0.3, -0.25) is 9.59 Å². The second-order valence-corrected chi connectivity index (χ2v) is 9.87. The first-order chi connectivity index (χ1) is 15.5. The summed E-state index contributed by atoms with van der Waals surface area (Å²) in [5.41, 5.74) is 4.23. The number of rotatable bonds is 5. The fraction of sp³-hybridized carbons (Fsp3) is 0.429. The molecule has 0 radical (unpaired) electrons. The highest BCUT2D eigenvalue weighted by molar-refractivity contribution is 5.95. The molecule has 0 bridgehead atoms. The molecule has 1 spiro atoms. The minimum absolute atomic E-state index is 0.0924. The number of benzene rings is 2. The molecule has 1 aliphatic carbocycles. The maximum Gasteiger partial charge on any atom is 0.227 e. The fourth-order valence-electron chi connectivity index (χ4n) is 5.67. The van der Waals surface area contributed by atoms with E-state index in [0.29, 0.717) is 24.8 Å². The average Bonchev–Trinajstić information content (AvgIpc) is 2.74. The summed E-state index contributed by atoms with van der Waals surface area (Å²) in [4.78, 5) is 29.6. The maximum atomic E-state index is 13.2. The molecule has 4 heteroatoms. The van der Waals surface area contributed by atoms with Crippen molar-refractivity contribution in [3.8, 4) is 11.8 Å². The van der Waals surface area contributed by atoms with E-state index in [1.807, 2.05) is 58.3 Å². The van der Waals surface area contributed by atoms with Crippen molar-refractivity contribution < 1.29 is 9.59 Å². The normalized spacial score (nSPS) is 18.3. The van der Waals surface area contributed by atoms with Gasteiger partial charge in [-0.15, -0.1) is 0 Å². The third-order valence-corrected chi connectivity index (χ3v) is 7.17. The van der Waals surface area contributed by atoms with Crippen LogP contribution in [0.3, 0.4) is 0 Å². The van der Waals surface area contributed by atoms with E-state index in [1.54, 1.807) is 0 Å². The molecule has 164 valence electrons. The molecule has 2 fully saturated rings. The fourth-order valence-corrected chi connectivity index (χ4v) is 5.67. The van der Waals surface area contributed by atoms with Crippen molar-refractivity contribution in [3.63, 3.8) is 0 Å². The van der Waals surface area contributed by atoms with Gasteiger partial charge in [0.2, 0.25) is 11.8 Å². The molecule has 0 atom stereocenters.